The van der Waals surface area contributed by atoms with Gasteiger partial charge in [0, 0.05) is 0 Å². The maximum absolute atomic E-state index is 12.2. The molecule has 0 aromatic heterocycles. The van der Waals surface area contributed by atoms with E-state index < -0.39 is 11.0 Å². The van der Waals surface area contributed by atoms with Crippen molar-refractivity contribution in [2.75, 3.05) is 0 Å². The molecule has 0 aromatic carbocycles. The van der Waals surface area contributed by atoms with Crippen LogP contribution in [0.5, 0.6) is 0 Å². The van der Waals surface area contributed by atoms with Crippen molar-refractivity contribution in [3.63, 3.8) is 0 Å². The number of hydrogen-bond donors (Lipinski definition) is 1. The zero-order valence-corrected chi connectivity index (χ0v) is 13.1. The molecule has 0 saturated heterocycles. The topological polar surface area (TPSA) is 55.4 Å². The molecule has 4 nitrogen and oxygen atoms in total. The van der Waals surface area contributed by atoms with E-state index in [9.17, 15) is 9.59 Å². The monoisotopic (exact) mass is 279 g/mol. The molecule has 1 spiro atoms. The Labute approximate surface area is 120 Å². The molecule has 2 aliphatic rings. The minimum Gasteiger partial charge on any atom is -0.428 e. The lowest BCUT2D eigenvalue weighted by Gasteiger charge is -2.38. The second-order valence-corrected chi connectivity index (χ2v) is 7.31. The summed E-state index contributed by atoms with van der Waals surface area (Å²) in [6.07, 6.45) is 3.79. The van der Waals surface area contributed by atoms with E-state index >= 15 is 0 Å². The molecule has 0 unspecified atom stereocenters. The molecule has 4 heteroatoms. The standard InChI is InChI=1S/C16H25NO3/c1-10-6-8-16(9-7-10)12(11(2)13(18)17-16)20-14(19)15(3,4)5/h10H,6-9H2,1-5H3,(H,17,18). The molecule has 112 valence electrons. The Hall–Kier alpha value is -1.32. The molecule has 1 amide bonds. The molecule has 1 aliphatic carbocycles. The van der Waals surface area contributed by atoms with E-state index in [4.69, 9.17) is 4.74 Å². The van der Waals surface area contributed by atoms with Gasteiger partial charge in [-0.05, 0) is 59.3 Å². The number of rotatable bonds is 1. The number of nitrogens with one attached hydrogen (secondary N) is 1. The van der Waals surface area contributed by atoms with Gasteiger partial charge in [-0.25, -0.2) is 0 Å². The highest BCUT2D eigenvalue weighted by Gasteiger charge is 2.48. The van der Waals surface area contributed by atoms with E-state index in [1.807, 2.05) is 20.8 Å². The largest absolute Gasteiger partial charge is 0.428 e. The van der Waals surface area contributed by atoms with Crippen molar-refractivity contribution in [2.24, 2.45) is 11.3 Å². The van der Waals surface area contributed by atoms with Gasteiger partial charge in [0.2, 0.25) is 0 Å². The van der Waals surface area contributed by atoms with E-state index in [-0.39, 0.29) is 11.9 Å². The lowest BCUT2D eigenvalue weighted by Crippen LogP contribution is -2.48. The van der Waals surface area contributed by atoms with Crippen LogP contribution in [0, 0.1) is 11.3 Å². The van der Waals surface area contributed by atoms with Crippen molar-refractivity contribution in [1.82, 2.24) is 5.32 Å². The molecular formula is C16H25NO3. The minimum absolute atomic E-state index is 0.101. The lowest BCUT2D eigenvalue weighted by molar-refractivity contribution is -0.150. The molecular weight excluding hydrogens is 254 g/mol. The van der Waals surface area contributed by atoms with Gasteiger partial charge in [0.15, 0.2) is 0 Å². The molecule has 0 radical (unpaired) electrons. The number of amides is 1. The highest BCUT2D eigenvalue weighted by Crippen LogP contribution is 2.42. The first-order valence-corrected chi connectivity index (χ1v) is 7.42. The van der Waals surface area contributed by atoms with Crippen LogP contribution in [0.3, 0.4) is 0 Å². The third-order valence-electron chi connectivity index (χ3n) is 4.40. The van der Waals surface area contributed by atoms with E-state index in [2.05, 4.69) is 12.2 Å². The molecule has 0 atom stereocenters. The number of carbonyl (C=O) groups is 2. The van der Waals surface area contributed by atoms with E-state index in [0.29, 0.717) is 17.3 Å². The molecule has 1 saturated carbocycles. The van der Waals surface area contributed by atoms with Crippen molar-refractivity contribution in [1.29, 1.82) is 0 Å². The summed E-state index contributed by atoms with van der Waals surface area (Å²) in [6.45, 7) is 9.44. The number of hydrogen-bond acceptors (Lipinski definition) is 3. The normalized spacial score (nSPS) is 30.6. The average molecular weight is 279 g/mol. The van der Waals surface area contributed by atoms with E-state index in [1.54, 1.807) is 6.92 Å². The second-order valence-electron chi connectivity index (χ2n) is 7.31. The van der Waals surface area contributed by atoms with Crippen LogP contribution in [0.15, 0.2) is 11.3 Å². The van der Waals surface area contributed by atoms with Gasteiger partial charge in [0.1, 0.15) is 5.76 Å². The summed E-state index contributed by atoms with van der Waals surface area (Å²) >= 11 is 0. The van der Waals surface area contributed by atoms with Gasteiger partial charge in [-0.15, -0.1) is 0 Å². The quantitative estimate of drug-likeness (QED) is 0.751. The van der Waals surface area contributed by atoms with Crippen LogP contribution in [0.25, 0.3) is 0 Å². The summed E-state index contributed by atoms with van der Waals surface area (Å²) in [5, 5.41) is 3.06. The number of ether oxygens (including phenoxy) is 1. The first kappa shape index (κ1) is 15.1. The minimum atomic E-state index is -0.567. The Bertz CT molecular complexity index is 463. The maximum Gasteiger partial charge on any atom is 0.316 e. The molecule has 0 aromatic rings. The fraction of sp³-hybridized carbons (Fsp3) is 0.750. The van der Waals surface area contributed by atoms with Crippen molar-refractivity contribution < 1.29 is 14.3 Å². The molecule has 2 rings (SSSR count). The summed E-state index contributed by atoms with van der Waals surface area (Å²) < 4.78 is 5.64. The van der Waals surface area contributed by atoms with Gasteiger partial charge >= 0.3 is 5.97 Å². The molecule has 1 fully saturated rings. The summed E-state index contributed by atoms with van der Waals surface area (Å²) in [4.78, 5) is 24.2. The van der Waals surface area contributed by atoms with Crippen molar-refractivity contribution in [3.8, 4) is 0 Å². The average Bonchev–Trinajstić information content (AvgIpc) is 2.57. The van der Waals surface area contributed by atoms with Crippen LogP contribution in [0.4, 0.5) is 0 Å². The fourth-order valence-corrected chi connectivity index (χ4v) is 2.86. The number of esters is 1. The van der Waals surface area contributed by atoms with Crippen LogP contribution in [0.1, 0.15) is 60.3 Å². The third-order valence-corrected chi connectivity index (χ3v) is 4.40. The Kier molecular flexibility index (Phi) is 3.69. The van der Waals surface area contributed by atoms with Crippen molar-refractivity contribution >= 4 is 11.9 Å². The Morgan fingerprint density at radius 3 is 2.35 bits per heavy atom. The summed E-state index contributed by atoms with van der Waals surface area (Å²) in [7, 11) is 0. The highest BCUT2D eigenvalue weighted by atomic mass is 16.5. The smallest absolute Gasteiger partial charge is 0.316 e. The first-order valence-electron chi connectivity index (χ1n) is 7.42. The maximum atomic E-state index is 12.2. The highest BCUT2D eigenvalue weighted by molar-refractivity contribution is 5.98. The van der Waals surface area contributed by atoms with Crippen molar-refractivity contribution in [3.05, 3.63) is 11.3 Å². The predicted molar refractivity (Wildman–Crippen MR) is 76.8 cm³/mol. The van der Waals surface area contributed by atoms with Gasteiger partial charge in [-0.3, -0.25) is 9.59 Å². The van der Waals surface area contributed by atoms with Gasteiger partial charge in [0.05, 0.1) is 16.5 Å². The van der Waals surface area contributed by atoms with E-state index in [1.165, 1.54) is 0 Å². The SMILES string of the molecule is CC1=C(OC(=O)C(C)(C)C)C2(CCC(C)CC2)NC1=O. The molecule has 0 bridgehead atoms. The summed E-state index contributed by atoms with van der Waals surface area (Å²) in [5.74, 6) is 0.852. The van der Waals surface area contributed by atoms with Crippen LogP contribution in [0.2, 0.25) is 0 Å². The zero-order chi connectivity index (χ0) is 15.1. The second kappa shape index (κ2) is 4.90. The van der Waals surface area contributed by atoms with Crippen LogP contribution >= 0.6 is 0 Å². The Balaban J connectivity index is 2.27. The Morgan fingerprint density at radius 1 is 1.30 bits per heavy atom. The van der Waals surface area contributed by atoms with Gasteiger partial charge in [-0.2, -0.15) is 0 Å². The van der Waals surface area contributed by atoms with Crippen molar-refractivity contribution in [2.45, 2.75) is 65.8 Å². The summed E-state index contributed by atoms with van der Waals surface area (Å²) in [5.41, 5.74) is -0.464. The van der Waals surface area contributed by atoms with E-state index in [0.717, 1.165) is 25.7 Å². The van der Waals surface area contributed by atoms with Gasteiger partial charge in [-0.1, -0.05) is 6.92 Å². The molecule has 1 heterocycles. The zero-order valence-electron chi connectivity index (χ0n) is 13.1. The predicted octanol–water partition coefficient (Wildman–Crippen LogP) is 2.93. The summed E-state index contributed by atoms with van der Waals surface area (Å²) in [6, 6.07) is 0. The lowest BCUT2D eigenvalue weighted by atomic mass is 9.76. The van der Waals surface area contributed by atoms with Crippen LogP contribution in [-0.2, 0) is 14.3 Å². The van der Waals surface area contributed by atoms with Gasteiger partial charge in [0.25, 0.3) is 5.91 Å². The Morgan fingerprint density at radius 2 is 1.85 bits per heavy atom. The number of carbonyl (C=O) groups excluding carboxylic acids is 2. The van der Waals surface area contributed by atoms with Crippen LogP contribution in [-0.4, -0.2) is 17.4 Å². The van der Waals surface area contributed by atoms with Gasteiger partial charge < -0.3 is 10.1 Å². The first-order chi connectivity index (χ1) is 9.16. The third kappa shape index (κ3) is 2.60. The fourth-order valence-electron chi connectivity index (χ4n) is 2.86. The molecule has 20 heavy (non-hydrogen) atoms. The molecule has 1 aliphatic heterocycles. The molecule has 1 N–H and O–H groups in total. The van der Waals surface area contributed by atoms with Crippen LogP contribution < -0.4 is 5.32 Å².